The number of hydrogen-bond acceptors (Lipinski definition) is 5. The summed E-state index contributed by atoms with van der Waals surface area (Å²) in [5.41, 5.74) is 2.66. The largest absolute Gasteiger partial charge is 0.495 e. The molecule has 0 saturated carbocycles. The monoisotopic (exact) mass is 368 g/mol. The molecule has 0 fully saturated rings. The smallest absolute Gasteiger partial charge is 0.203 e. The van der Waals surface area contributed by atoms with Crippen molar-refractivity contribution in [2.75, 3.05) is 35.0 Å². The summed E-state index contributed by atoms with van der Waals surface area (Å²) in [7, 11) is 6.36. The van der Waals surface area contributed by atoms with Crippen LogP contribution in [0.5, 0.6) is 23.0 Å². The topological polar surface area (TPSA) is 57.2 Å². The van der Waals surface area contributed by atoms with E-state index in [9.17, 15) is 0 Å². The summed E-state index contributed by atoms with van der Waals surface area (Å²) in [5, 5.41) is 8.88. The molecule has 0 aromatic heterocycles. The van der Waals surface area contributed by atoms with E-state index < -0.39 is 0 Å². The molecule has 0 aliphatic carbocycles. The molecule has 0 amide bonds. The lowest BCUT2D eigenvalue weighted by Crippen LogP contribution is -1.95. The SMILES string of the molecule is COc1ccc(/C=C\c2cc(OC)c(OC)c(OC)c2)cc1C#CCCO. The Morgan fingerprint density at radius 3 is 2.00 bits per heavy atom. The van der Waals surface area contributed by atoms with Gasteiger partial charge < -0.3 is 24.1 Å². The molecule has 0 aliphatic rings. The zero-order chi connectivity index (χ0) is 19.6. The minimum Gasteiger partial charge on any atom is -0.495 e. The van der Waals surface area contributed by atoms with Gasteiger partial charge in [0.15, 0.2) is 11.5 Å². The number of rotatable bonds is 7. The summed E-state index contributed by atoms with van der Waals surface area (Å²) in [6.07, 6.45) is 4.35. The van der Waals surface area contributed by atoms with E-state index in [1.165, 1.54) is 0 Å². The van der Waals surface area contributed by atoms with Crippen LogP contribution < -0.4 is 18.9 Å². The first-order valence-corrected chi connectivity index (χ1v) is 8.42. The van der Waals surface area contributed by atoms with E-state index >= 15 is 0 Å². The predicted octanol–water partition coefficient (Wildman–Crippen LogP) is 3.63. The summed E-state index contributed by atoms with van der Waals surface area (Å²) < 4.78 is 21.5. The Labute approximate surface area is 160 Å². The van der Waals surface area contributed by atoms with E-state index in [0.29, 0.717) is 29.4 Å². The van der Waals surface area contributed by atoms with Crippen molar-refractivity contribution in [3.05, 3.63) is 47.0 Å². The molecule has 1 N–H and O–H groups in total. The average molecular weight is 368 g/mol. The van der Waals surface area contributed by atoms with Gasteiger partial charge in [-0.05, 0) is 35.4 Å². The van der Waals surface area contributed by atoms with Gasteiger partial charge in [-0.1, -0.05) is 30.1 Å². The molecule has 27 heavy (non-hydrogen) atoms. The lowest BCUT2D eigenvalue weighted by Gasteiger charge is -2.12. The first-order chi connectivity index (χ1) is 13.2. The molecule has 0 bridgehead atoms. The van der Waals surface area contributed by atoms with Gasteiger partial charge in [-0.2, -0.15) is 0 Å². The number of aliphatic hydroxyl groups is 1. The van der Waals surface area contributed by atoms with Gasteiger partial charge in [0.25, 0.3) is 0 Å². The number of aliphatic hydroxyl groups excluding tert-OH is 1. The summed E-state index contributed by atoms with van der Waals surface area (Å²) >= 11 is 0. The van der Waals surface area contributed by atoms with Gasteiger partial charge in [-0.3, -0.25) is 0 Å². The molecule has 2 aromatic rings. The minimum absolute atomic E-state index is 0.0377. The minimum atomic E-state index is 0.0377. The normalized spacial score (nSPS) is 10.3. The fraction of sp³-hybridized carbons (Fsp3) is 0.273. The van der Waals surface area contributed by atoms with Crippen LogP contribution in [0.4, 0.5) is 0 Å². The van der Waals surface area contributed by atoms with Crippen molar-refractivity contribution in [3.63, 3.8) is 0 Å². The van der Waals surface area contributed by atoms with Crippen molar-refractivity contribution in [1.82, 2.24) is 0 Å². The van der Waals surface area contributed by atoms with Crippen LogP contribution in [-0.4, -0.2) is 40.2 Å². The molecule has 0 aliphatic heterocycles. The maximum atomic E-state index is 8.88. The van der Waals surface area contributed by atoms with Gasteiger partial charge in [0, 0.05) is 6.42 Å². The maximum absolute atomic E-state index is 8.88. The Kier molecular flexibility index (Phi) is 7.60. The van der Waals surface area contributed by atoms with Crippen LogP contribution >= 0.6 is 0 Å². The molecule has 2 rings (SSSR count). The fourth-order valence-electron chi connectivity index (χ4n) is 2.53. The summed E-state index contributed by atoms with van der Waals surface area (Å²) in [6, 6.07) is 9.52. The molecule has 2 aromatic carbocycles. The van der Waals surface area contributed by atoms with Crippen molar-refractivity contribution in [2.24, 2.45) is 0 Å². The van der Waals surface area contributed by atoms with Crippen LogP contribution in [0.15, 0.2) is 30.3 Å². The van der Waals surface area contributed by atoms with Gasteiger partial charge >= 0.3 is 0 Å². The van der Waals surface area contributed by atoms with Gasteiger partial charge in [0.2, 0.25) is 5.75 Å². The first-order valence-electron chi connectivity index (χ1n) is 8.42. The lowest BCUT2D eigenvalue weighted by atomic mass is 10.1. The van der Waals surface area contributed by atoms with Gasteiger partial charge in [0.05, 0.1) is 40.6 Å². The Hall–Kier alpha value is -3.10. The molecule has 0 unspecified atom stereocenters. The van der Waals surface area contributed by atoms with Gasteiger partial charge in [0.1, 0.15) is 5.75 Å². The Balaban J connectivity index is 2.35. The second-order valence-corrected chi connectivity index (χ2v) is 5.53. The van der Waals surface area contributed by atoms with Gasteiger partial charge in [-0.25, -0.2) is 0 Å². The molecular weight excluding hydrogens is 344 g/mol. The molecular formula is C22H24O5. The highest BCUT2D eigenvalue weighted by Crippen LogP contribution is 2.38. The summed E-state index contributed by atoms with van der Waals surface area (Å²) in [5.74, 6) is 8.40. The van der Waals surface area contributed by atoms with Crippen LogP contribution in [0.1, 0.15) is 23.1 Å². The van der Waals surface area contributed by atoms with E-state index in [0.717, 1.165) is 16.7 Å². The Bertz CT molecular complexity index is 834. The van der Waals surface area contributed by atoms with Crippen molar-refractivity contribution >= 4 is 12.2 Å². The van der Waals surface area contributed by atoms with Crippen LogP contribution in [0.3, 0.4) is 0 Å². The molecule has 5 heteroatoms. The maximum Gasteiger partial charge on any atom is 0.203 e. The highest BCUT2D eigenvalue weighted by Gasteiger charge is 2.12. The zero-order valence-corrected chi connectivity index (χ0v) is 16.0. The Morgan fingerprint density at radius 2 is 1.44 bits per heavy atom. The summed E-state index contributed by atoms with van der Waals surface area (Å²) in [6.45, 7) is 0.0377. The molecule has 5 nitrogen and oxygen atoms in total. The second-order valence-electron chi connectivity index (χ2n) is 5.53. The molecule has 142 valence electrons. The summed E-state index contributed by atoms with van der Waals surface area (Å²) in [4.78, 5) is 0. The zero-order valence-electron chi connectivity index (χ0n) is 16.0. The highest BCUT2D eigenvalue weighted by atomic mass is 16.5. The number of ether oxygens (including phenoxy) is 4. The van der Waals surface area contributed by atoms with Gasteiger partial charge in [-0.15, -0.1) is 0 Å². The third-order valence-corrected chi connectivity index (χ3v) is 3.84. The second kappa shape index (κ2) is 10.1. The van der Waals surface area contributed by atoms with Crippen LogP contribution in [0.25, 0.3) is 12.2 Å². The molecule has 0 atom stereocenters. The van der Waals surface area contributed by atoms with Crippen molar-refractivity contribution in [3.8, 4) is 34.8 Å². The van der Waals surface area contributed by atoms with Crippen LogP contribution in [-0.2, 0) is 0 Å². The molecule has 0 heterocycles. The van der Waals surface area contributed by atoms with Crippen LogP contribution in [0.2, 0.25) is 0 Å². The third-order valence-electron chi connectivity index (χ3n) is 3.84. The first kappa shape index (κ1) is 20.2. The fourth-order valence-corrected chi connectivity index (χ4v) is 2.53. The number of hydrogen-bond donors (Lipinski definition) is 1. The van der Waals surface area contributed by atoms with E-state index in [2.05, 4.69) is 11.8 Å². The van der Waals surface area contributed by atoms with E-state index in [1.807, 2.05) is 42.5 Å². The third kappa shape index (κ3) is 5.19. The highest BCUT2D eigenvalue weighted by molar-refractivity contribution is 5.73. The van der Waals surface area contributed by atoms with Crippen molar-refractivity contribution < 1.29 is 24.1 Å². The van der Waals surface area contributed by atoms with Crippen LogP contribution in [0, 0.1) is 11.8 Å². The van der Waals surface area contributed by atoms with E-state index in [4.69, 9.17) is 24.1 Å². The quantitative estimate of drug-likeness (QED) is 0.597. The molecule has 0 radical (unpaired) electrons. The predicted molar refractivity (Wildman–Crippen MR) is 107 cm³/mol. The standard InChI is InChI=1S/C22H24O5/c1-24-19-11-10-16(13-18(19)7-5-6-12-23)8-9-17-14-20(25-2)22(27-4)21(15-17)26-3/h8-11,13-15,23H,6,12H2,1-4H3/b9-8-. The Morgan fingerprint density at radius 1 is 0.815 bits per heavy atom. The van der Waals surface area contributed by atoms with Crippen molar-refractivity contribution in [2.45, 2.75) is 6.42 Å². The van der Waals surface area contributed by atoms with E-state index in [-0.39, 0.29) is 6.61 Å². The average Bonchev–Trinajstić information content (AvgIpc) is 2.71. The van der Waals surface area contributed by atoms with Crippen molar-refractivity contribution in [1.29, 1.82) is 0 Å². The molecule has 0 saturated heterocycles. The molecule has 0 spiro atoms. The lowest BCUT2D eigenvalue weighted by molar-refractivity contribution is 0.305. The van der Waals surface area contributed by atoms with E-state index in [1.54, 1.807) is 28.4 Å². The number of benzene rings is 2. The number of methoxy groups -OCH3 is 4.